The first-order chi connectivity index (χ1) is 11.3. The molecule has 2 heterocycles. The first kappa shape index (κ1) is 17.6. The van der Waals surface area contributed by atoms with Crippen LogP contribution in [-0.2, 0) is 30.8 Å². The lowest BCUT2D eigenvalue weighted by atomic mass is 10.1. The summed E-state index contributed by atoms with van der Waals surface area (Å²) < 4.78 is 5.72. The van der Waals surface area contributed by atoms with Crippen molar-refractivity contribution >= 4 is 0 Å². The molecular formula is C20H28N2O. The number of ether oxygens (including phenoxy) is 1. The highest BCUT2D eigenvalue weighted by atomic mass is 16.5. The van der Waals surface area contributed by atoms with E-state index in [1.165, 1.54) is 36.8 Å². The average molecular weight is 312 g/mol. The number of aromatic nitrogens is 2. The van der Waals surface area contributed by atoms with Crippen LogP contribution in [0.25, 0.3) is 0 Å². The fourth-order valence-electron chi connectivity index (χ4n) is 2.40. The molecule has 124 valence electrons. The topological polar surface area (TPSA) is 35.0 Å². The molecule has 0 N–H and O–H groups in total. The Labute approximate surface area is 140 Å². The van der Waals surface area contributed by atoms with Gasteiger partial charge in [-0.1, -0.05) is 38.8 Å². The molecule has 0 aromatic carbocycles. The molecule has 3 heteroatoms. The zero-order chi connectivity index (χ0) is 16.3. The summed E-state index contributed by atoms with van der Waals surface area (Å²) in [6.45, 7) is 5.49. The summed E-state index contributed by atoms with van der Waals surface area (Å²) >= 11 is 0. The molecule has 2 aromatic heterocycles. The number of aryl methyl sites for hydroxylation is 2. The van der Waals surface area contributed by atoms with E-state index >= 15 is 0 Å². The molecule has 0 aliphatic heterocycles. The van der Waals surface area contributed by atoms with Gasteiger partial charge in [0, 0.05) is 12.4 Å². The van der Waals surface area contributed by atoms with Crippen molar-refractivity contribution in [3.8, 4) is 0 Å². The van der Waals surface area contributed by atoms with Crippen molar-refractivity contribution < 1.29 is 4.74 Å². The number of hydrogen-bond acceptors (Lipinski definition) is 3. The Kier molecular flexibility index (Phi) is 7.74. The molecule has 0 spiro atoms. The highest BCUT2D eigenvalue weighted by Crippen LogP contribution is 2.08. The third-order valence-corrected chi connectivity index (χ3v) is 3.91. The Bertz CT molecular complexity index is 497. The van der Waals surface area contributed by atoms with Crippen molar-refractivity contribution in [3.63, 3.8) is 0 Å². The van der Waals surface area contributed by atoms with Gasteiger partial charge in [0.15, 0.2) is 0 Å². The third kappa shape index (κ3) is 6.49. The lowest BCUT2D eigenvalue weighted by molar-refractivity contribution is 0.102. The minimum Gasteiger partial charge on any atom is -0.369 e. The molecule has 3 nitrogen and oxygen atoms in total. The second kappa shape index (κ2) is 10.1. The first-order valence-corrected chi connectivity index (χ1v) is 8.77. The van der Waals surface area contributed by atoms with Crippen LogP contribution in [-0.4, -0.2) is 9.97 Å². The van der Waals surface area contributed by atoms with Crippen LogP contribution in [0, 0.1) is 0 Å². The van der Waals surface area contributed by atoms with Crippen LogP contribution in [0.15, 0.2) is 36.7 Å². The van der Waals surface area contributed by atoms with Crippen molar-refractivity contribution in [1.82, 2.24) is 9.97 Å². The van der Waals surface area contributed by atoms with Crippen molar-refractivity contribution in [1.29, 1.82) is 0 Å². The van der Waals surface area contributed by atoms with E-state index in [1.54, 1.807) is 0 Å². The van der Waals surface area contributed by atoms with E-state index in [4.69, 9.17) is 4.74 Å². The van der Waals surface area contributed by atoms with Crippen LogP contribution >= 0.6 is 0 Å². The number of unbranched alkanes of at least 4 members (excludes halogenated alkanes) is 2. The normalized spacial score (nSPS) is 10.9. The molecule has 0 amide bonds. The van der Waals surface area contributed by atoms with Crippen LogP contribution in [0.2, 0.25) is 0 Å². The van der Waals surface area contributed by atoms with E-state index < -0.39 is 0 Å². The molecule has 0 aliphatic rings. The van der Waals surface area contributed by atoms with Gasteiger partial charge in [-0.2, -0.15) is 0 Å². The van der Waals surface area contributed by atoms with Gasteiger partial charge in [-0.3, -0.25) is 9.97 Å². The van der Waals surface area contributed by atoms with E-state index in [2.05, 4.69) is 48.1 Å². The van der Waals surface area contributed by atoms with Crippen molar-refractivity contribution in [2.24, 2.45) is 0 Å². The van der Waals surface area contributed by atoms with Gasteiger partial charge in [0.2, 0.25) is 0 Å². The third-order valence-electron chi connectivity index (χ3n) is 3.91. The highest BCUT2D eigenvalue weighted by molar-refractivity contribution is 5.15. The van der Waals surface area contributed by atoms with E-state index in [0.717, 1.165) is 24.2 Å². The van der Waals surface area contributed by atoms with E-state index in [0.29, 0.717) is 13.2 Å². The quantitative estimate of drug-likeness (QED) is 0.627. The monoisotopic (exact) mass is 312 g/mol. The summed E-state index contributed by atoms with van der Waals surface area (Å²) in [5, 5.41) is 0. The average Bonchev–Trinajstić information content (AvgIpc) is 2.60. The molecular weight excluding hydrogens is 284 g/mol. The first-order valence-electron chi connectivity index (χ1n) is 8.77. The van der Waals surface area contributed by atoms with Gasteiger partial charge in [0.05, 0.1) is 24.6 Å². The Morgan fingerprint density at radius 3 is 1.57 bits per heavy atom. The van der Waals surface area contributed by atoms with E-state index in [9.17, 15) is 0 Å². The number of nitrogens with zero attached hydrogens (tertiary/aromatic N) is 2. The fourth-order valence-corrected chi connectivity index (χ4v) is 2.40. The number of rotatable bonds is 10. The van der Waals surface area contributed by atoms with Gasteiger partial charge in [0.1, 0.15) is 0 Å². The molecule has 0 saturated heterocycles. The zero-order valence-electron chi connectivity index (χ0n) is 14.4. The van der Waals surface area contributed by atoms with Gasteiger partial charge < -0.3 is 4.74 Å². The minimum absolute atomic E-state index is 0.535. The van der Waals surface area contributed by atoms with Crippen LogP contribution in [0.1, 0.15) is 62.0 Å². The van der Waals surface area contributed by atoms with E-state index in [1.807, 2.05) is 12.4 Å². The molecule has 23 heavy (non-hydrogen) atoms. The Morgan fingerprint density at radius 1 is 0.739 bits per heavy atom. The van der Waals surface area contributed by atoms with Gasteiger partial charge in [-0.25, -0.2) is 0 Å². The Hall–Kier alpha value is -1.74. The standard InChI is InChI=1S/C20H28N2O/c1-3-5-7-17-9-11-19(21-13-17)15-23-16-20-12-10-18(14-22-20)8-6-4-2/h9-14H,3-8,15-16H2,1-2H3. The maximum atomic E-state index is 5.72. The van der Waals surface area contributed by atoms with E-state index in [-0.39, 0.29) is 0 Å². The number of hydrogen-bond donors (Lipinski definition) is 0. The molecule has 0 fully saturated rings. The van der Waals surface area contributed by atoms with Crippen LogP contribution in [0.5, 0.6) is 0 Å². The van der Waals surface area contributed by atoms with Crippen molar-refractivity contribution in [2.45, 2.75) is 65.6 Å². The molecule has 0 radical (unpaired) electrons. The minimum atomic E-state index is 0.535. The summed E-state index contributed by atoms with van der Waals surface area (Å²) in [4.78, 5) is 8.93. The lowest BCUT2D eigenvalue weighted by Gasteiger charge is -2.06. The summed E-state index contributed by atoms with van der Waals surface area (Å²) in [6.07, 6.45) is 11.0. The lowest BCUT2D eigenvalue weighted by Crippen LogP contribution is -1.99. The highest BCUT2D eigenvalue weighted by Gasteiger charge is 2.00. The fraction of sp³-hybridized carbons (Fsp3) is 0.500. The second-order valence-corrected chi connectivity index (χ2v) is 6.02. The predicted molar refractivity (Wildman–Crippen MR) is 94.2 cm³/mol. The predicted octanol–water partition coefficient (Wildman–Crippen LogP) is 4.88. The Balaban J connectivity index is 1.73. The summed E-state index contributed by atoms with van der Waals surface area (Å²) in [5.41, 5.74) is 4.56. The van der Waals surface area contributed by atoms with Gasteiger partial charge in [-0.15, -0.1) is 0 Å². The Morgan fingerprint density at radius 2 is 1.22 bits per heavy atom. The SMILES string of the molecule is CCCCc1ccc(COCc2ccc(CCCC)cn2)nc1. The van der Waals surface area contributed by atoms with Crippen LogP contribution < -0.4 is 0 Å². The van der Waals surface area contributed by atoms with Gasteiger partial charge >= 0.3 is 0 Å². The van der Waals surface area contributed by atoms with Crippen LogP contribution in [0.4, 0.5) is 0 Å². The molecule has 0 atom stereocenters. The molecule has 0 bridgehead atoms. The van der Waals surface area contributed by atoms with Gasteiger partial charge in [0.25, 0.3) is 0 Å². The number of pyridine rings is 2. The summed E-state index contributed by atoms with van der Waals surface area (Å²) in [5.74, 6) is 0. The summed E-state index contributed by atoms with van der Waals surface area (Å²) in [6, 6.07) is 8.43. The zero-order valence-corrected chi connectivity index (χ0v) is 14.4. The van der Waals surface area contributed by atoms with Gasteiger partial charge in [-0.05, 0) is 48.9 Å². The molecule has 2 aromatic rings. The second-order valence-electron chi connectivity index (χ2n) is 6.02. The van der Waals surface area contributed by atoms with Crippen molar-refractivity contribution in [3.05, 3.63) is 59.2 Å². The maximum absolute atomic E-state index is 5.72. The maximum Gasteiger partial charge on any atom is 0.0893 e. The molecule has 0 saturated carbocycles. The van der Waals surface area contributed by atoms with Crippen molar-refractivity contribution in [2.75, 3.05) is 0 Å². The molecule has 0 unspecified atom stereocenters. The molecule has 2 rings (SSSR count). The molecule has 0 aliphatic carbocycles. The summed E-state index contributed by atoms with van der Waals surface area (Å²) in [7, 11) is 0. The largest absolute Gasteiger partial charge is 0.369 e. The van der Waals surface area contributed by atoms with Crippen LogP contribution in [0.3, 0.4) is 0 Å². The smallest absolute Gasteiger partial charge is 0.0893 e.